The normalized spacial score (nSPS) is 30.7. The van der Waals surface area contributed by atoms with E-state index in [9.17, 15) is 4.79 Å². The molecule has 1 aromatic rings. The van der Waals surface area contributed by atoms with E-state index in [-0.39, 0.29) is 24.6 Å². The molecule has 3 aliphatic heterocycles. The topological polar surface area (TPSA) is 41.6 Å². The molecule has 0 radical (unpaired) electrons. The lowest BCUT2D eigenvalue weighted by Gasteiger charge is -2.43. The smallest absolute Gasteiger partial charge is 0.411 e. The number of carbonyl (C=O) groups is 1. The molecule has 2 atom stereocenters. The third-order valence-corrected chi connectivity index (χ3v) is 5.46. The summed E-state index contributed by atoms with van der Waals surface area (Å²) in [6.07, 6.45) is 8.74. The first-order valence-electron chi connectivity index (χ1n) is 8.75. The van der Waals surface area contributed by atoms with E-state index in [1.165, 1.54) is 5.56 Å². The average Bonchev–Trinajstić information content (AvgIpc) is 3.11. The average molecular weight is 349 g/mol. The predicted molar refractivity (Wildman–Crippen MR) is 97.9 cm³/mol. The minimum atomic E-state index is -0.307. The zero-order valence-corrected chi connectivity index (χ0v) is 14.6. The maximum atomic E-state index is 12.4. The molecular weight excluding hydrogens is 324 g/mol. The van der Waals surface area contributed by atoms with Crippen molar-refractivity contribution in [3.05, 3.63) is 42.0 Å². The van der Waals surface area contributed by atoms with Gasteiger partial charge in [0.2, 0.25) is 0 Å². The number of fused-ring (bicyclic) bond motifs is 3. The van der Waals surface area contributed by atoms with Crippen molar-refractivity contribution in [1.82, 2.24) is 4.90 Å². The van der Waals surface area contributed by atoms with Crippen LogP contribution in [0.15, 0.2) is 36.4 Å². The van der Waals surface area contributed by atoms with Gasteiger partial charge in [0.25, 0.3) is 0 Å². The number of carbonyl (C=O) groups excluding carboxylic acids is 1. The molecule has 0 saturated carbocycles. The summed E-state index contributed by atoms with van der Waals surface area (Å²) in [6, 6.07) is 8.07. The number of benzene rings is 1. The van der Waals surface area contributed by atoms with Gasteiger partial charge >= 0.3 is 6.09 Å². The van der Waals surface area contributed by atoms with Crippen LogP contribution in [-0.2, 0) is 4.74 Å². The van der Waals surface area contributed by atoms with Gasteiger partial charge in [0.05, 0.1) is 0 Å². The van der Waals surface area contributed by atoms with E-state index in [1.54, 1.807) is 0 Å². The molecule has 3 fully saturated rings. The molecule has 5 heteroatoms. The van der Waals surface area contributed by atoms with E-state index in [2.05, 4.69) is 28.4 Å². The van der Waals surface area contributed by atoms with Crippen molar-refractivity contribution < 1.29 is 9.53 Å². The number of hydrogen-bond acceptors (Lipinski definition) is 3. The highest BCUT2D eigenvalue weighted by atomic mass is 35.5. The Labute approximate surface area is 149 Å². The highest BCUT2D eigenvalue weighted by molar-refractivity contribution is 5.86. The lowest BCUT2D eigenvalue weighted by molar-refractivity contribution is -0.0289. The van der Waals surface area contributed by atoms with E-state index < -0.39 is 0 Å². The van der Waals surface area contributed by atoms with E-state index in [0.717, 1.165) is 51.0 Å². The standard InChI is InChI=1S/C19H24N2O2.ClH/c22-19(23-18-13-21-11-9-15(18)10-12-21)20-17-8-4-3-7-16(17)14-5-1-2-6-14;/h1,3-5,7-8,14-15,18H,2,6,9-13H2,(H,20,22);1H. The summed E-state index contributed by atoms with van der Waals surface area (Å²) in [6.45, 7) is 3.21. The molecule has 1 amide bonds. The summed E-state index contributed by atoms with van der Waals surface area (Å²) in [5, 5.41) is 2.98. The zero-order chi connectivity index (χ0) is 15.6. The van der Waals surface area contributed by atoms with Crippen LogP contribution in [0.3, 0.4) is 0 Å². The van der Waals surface area contributed by atoms with Crippen LogP contribution in [0.2, 0.25) is 0 Å². The summed E-state index contributed by atoms with van der Waals surface area (Å²) in [5.41, 5.74) is 2.07. The van der Waals surface area contributed by atoms with Crippen LogP contribution >= 0.6 is 12.4 Å². The van der Waals surface area contributed by atoms with Crippen LogP contribution in [0, 0.1) is 5.92 Å². The number of hydrogen-bond donors (Lipinski definition) is 1. The van der Waals surface area contributed by atoms with Crippen LogP contribution in [0.25, 0.3) is 0 Å². The molecule has 2 bridgehead atoms. The van der Waals surface area contributed by atoms with E-state index in [0.29, 0.717) is 11.8 Å². The molecule has 4 aliphatic rings. The summed E-state index contributed by atoms with van der Waals surface area (Å²) < 4.78 is 5.74. The van der Waals surface area contributed by atoms with Crippen LogP contribution in [-0.4, -0.2) is 36.7 Å². The van der Waals surface area contributed by atoms with E-state index in [1.807, 2.05) is 18.2 Å². The summed E-state index contributed by atoms with van der Waals surface area (Å²) in [5.74, 6) is 0.946. The van der Waals surface area contributed by atoms with Crippen molar-refractivity contribution in [2.75, 3.05) is 25.0 Å². The highest BCUT2D eigenvalue weighted by Gasteiger charge is 2.36. The van der Waals surface area contributed by atoms with Gasteiger partial charge in [0.15, 0.2) is 0 Å². The molecule has 130 valence electrons. The molecule has 0 aromatic heterocycles. The number of para-hydroxylation sites is 1. The van der Waals surface area contributed by atoms with Crippen LogP contribution in [0.1, 0.15) is 37.2 Å². The minimum Gasteiger partial charge on any atom is -0.444 e. The first-order valence-corrected chi connectivity index (χ1v) is 8.75. The van der Waals surface area contributed by atoms with Crippen LogP contribution < -0.4 is 5.32 Å². The maximum Gasteiger partial charge on any atom is 0.411 e. The van der Waals surface area contributed by atoms with Crippen molar-refractivity contribution in [3.63, 3.8) is 0 Å². The Morgan fingerprint density at radius 3 is 2.62 bits per heavy atom. The van der Waals surface area contributed by atoms with Gasteiger partial charge in [-0.15, -0.1) is 12.4 Å². The van der Waals surface area contributed by atoms with Crippen LogP contribution in [0.5, 0.6) is 0 Å². The number of halogens is 1. The molecular formula is C19H25ClN2O2. The molecule has 0 spiro atoms. The first kappa shape index (κ1) is 17.3. The molecule has 3 saturated heterocycles. The molecule has 3 heterocycles. The molecule has 2 unspecified atom stereocenters. The van der Waals surface area contributed by atoms with Gasteiger partial charge in [-0.1, -0.05) is 30.4 Å². The third-order valence-electron chi connectivity index (χ3n) is 5.46. The Morgan fingerprint density at radius 1 is 1.17 bits per heavy atom. The Hall–Kier alpha value is -1.52. The van der Waals surface area contributed by atoms with Crippen molar-refractivity contribution in [2.45, 2.75) is 37.7 Å². The Balaban J connectivity index is 0.00000169. The number of piperidine rings is 3. The van der Waals surface area contributed by atoms with Crippen molar-refractivity contribution in [1.29, 1.82) is 0 Å². The second-order valence-corrected chi connectivity index (χ2v) is 6.91. The SMILES string of the molecule is Cl.O=C(Nc1ccccc1C1C=CCC1)OC1CN2CCC1CC2. The largest absolute Gasteiger partial charge is 0.444 e. The lowest BCUT2D eigenvalue weighted by Crippen LogP contribution is -2.52. The number of rotatable bonds is 3. The van der Waals surface area contributed by atoms with Crippen molar-refractivity contribution >= 4 is 24.2 Å². The number of ether oxygens (including phenoxy) is 1. The minimum absolute atomic E-state index is 0. The second kappa shape index (κ2) is 7.58. The third kappa shape index (κ3) is 3.60. The van der Waals surface area contributed by atoms with Crippen LogP contribution in [0.4, 0.5) is 10.5 Å². The van der Waals surface area contributed by atoms with Gasteiger partial charge in [0.1, 0.15) is 6.10 Å². The fourth-order valence-corrected chi connectivity index (χ4v) is 4.15. The monoisotopic (exact) mass is 348 g/mol. The Kier molecular flexibility index (Phi) is 5.47. The first-order chi connectivity index (χ1) is 11.3. The molecule has 5 rings (SSSR count). The molecule has 24 heavy (non-hydrogen) atoms. The zero-order valence-electron chi connectivity index (χ0n) is 13.8. The van der Waals surface area contributed by atoms with Crippen molar-refractivity contribution in [2.24, 2.45) is 5.92 Å². The maximum absolute atomic E-state index is 12.4. The summed E-state index contributed by atoms with van der Waals surface area (Å²) >= 11 is 0. The van der Waals surface area contributed by atoms with Gasteiger partial charge in [-0.3, -0.25) is 10.2 Å². The summed E-state index contributed by atoms with van der Waals surface area (Å²) in [7, 11) is 0. The number of amides is 1. The molecule has 1 aromatic carbocycles. The molecule has 1 N–H and O–H groups in total. The van der Waals surface area contributed by atoms with E-state index >= 15 is 0 Å². The Bertz CT molecular complexity index is 611. The number of allylic oxidation sites excluding steroid dienone is 2. The number of nitrogens with one attached hydrogen (secondary N) is 1. The highest BCUT2D eigenvalue weighted by Crippen LogP contribution is 2.34. The molecule has 4 nitrogen and oxygen atoms in total. The van der Waals surface area contributed by atoms with Crippen molar-refractivity contribution in [3.8, 4) is 0 Å². The van der Waals surface area contributed by atoms with E-state index in [4.69, 9.17) is 4.74 Å². The van der Waals surface area contributed by atoms with Gasteiger partial charge < -0.3 is 4.74 Å². The fourth-order valence-electron chi connectivity index (χ4n) is 4.15. The quantitative estimate of drug-likeness (QED) is 0.833. The number of nitrogens with zero attached hydrogens (tertiary/aromatic N) is 1. The fraction of sp³-hybridized carbons (Fsp3) is 0.526. The Morgan fingerprint density at radius 2 is 1.96 bits per heavy atom. The van der Waals surface area contributed by atoms with Gasteiger partial charge in [-0.05, 0) is 56.3 Å². The molecule has 1 aliphatic carbocycles. The summed E-state index contributed by atoms with van der Waals surface area (Å²) in [4.78, 5) is 14.8. The lowest BCUT2D eigenvalue weighted by atomic mass is 9.86. The van der Waals surface area contributed by atoms with Gasteiger partial charge in [-0.2, -0.15) is 0 Å². The predicted octanol–water partition coefficient (Wildman–Crippen LogP) is 4.18. The van der Waals surface area contributed by atoms with Gasteiger partial charge in [0, 0.05) is 18.2 Å². The number of anilines is 1. The van der Waals surface area contributed by atoms with Gasteiger partial charge in [-0.25, -0.2) is 4.79 Å². The second-order valence-electron chi connectivity index (χ2n) is 6.91.